The molecule has 5 N–H and O–H groups in total. The molecule has 0 fully saturated rings. The Bertz CT molecular complexity index is 1040. The fourth-order valence-corrected chi connectivity index (χ4v) is 3.25. The number of hydrogen-bond acceptors (Lipinski definition) is 8. The summed E-state index contributed by atoms with van der Waals surface area (Å²) in [7, 11) is 3.24. The average Bonchev–Trinajstić information content (AvgIpc) is 2.75. The van der Waals surface area contributed by atoms with Crippen LogP contribution in [0, 0.1) is 0 Å². The van der Waals surface area contributed by atoms with Gasteiger partial charge in [-0.25, -0.2) is 4.98 Å². The Kier molecular flexibility index (Phi) is 10.3. The number of ether oxygens (including phenoxy) is 3. The van der Waals surface area contributed by atoms with Crippen molar-refractivity contribution in [3.05, 3.63) is 53.7 Å². The monoisotopic (exact) mass is 456 g/mol. The minimum Gasteiger partial charge on any atom is -0.508 e. The average molecular weight is 457 g/mol. The van der Waals surface area contributed by atoms with E-state index in [1.165, 1.54) is 6.20 Å². The normalized spacial score (nSPS) is 10.2. The Balaban J connectivity index is 0.000000361. The van der Waals surface area contributed by atoms with Gasteiger partial charge in [0.25, 0.3) is 0 Å². The molecule has 1 heterocycles. The summed E-state index contributed by atoms with van der Waals surface area (Å²) in [6, 6.07) is 10.9. The molecular formula is C25H36N4O4. The van der Waals surface area contributed by atoms with Gasteiger partial charge in [0, 0.05) is 11.1 Å². The molecule has 3 rings (SSSR count). The van der Waals surface area contributed by atoms with E-state index in [1.54, 1.807) is 26.4 Å². The van der Waals surface area contributed by atoms with Crippen LogP contribution >= 0.6 is 0 Å². The molecule has 0 aliphatic rings. The van der Waals surface area contributed by atoms with Crippen molar-refractivity contribution in [2.75, 3.05) is 25.7 Å². The van der Waals surface area contributed by atoms with Crippen molar-refractivity contribution in [2.45, 2.75) is 47.0 Å². The summed E-state index contributed by atoms with van der Waals surface area (Å²) in [5.41, 5.74) is 13.1. The molecule has 3 aromatic rings. The predicted molar refractivity (Wildman–Crippen MR) is 133 cm³/mol. The molecule has 180 valence electrons. The molecule has 0 bridgehead atoms. The predicted octanol–water partition coefficient (Wildman–Crippen LogP) is 5.73. The van der Waals surface area contributed by atoms with Crippen LogP contribution in [-0.2, 0) is 0 Å². The number of aromatic hydroxyl groups is 1. The number of phenolic OH excluding ortho intramolecular Hbond substituents is 1. The van der Waals surface area contributed by atoms with Gasteiger partial charge in [-0.05, 0) is 36.1 Å². The first kappa shape index (κ1) is 27.4. The third-order valence-electron chi connectivity index (χ3n) is 4.69. The second kappa shape index (κ2) is 12.4. The first-order chi connectivity index (χ1) is 15.2. The summed E-state index contributed by atoms with van der Waals surface area (Å²) in [5, 5.41) is 9.51. The zero-order chi connectivity index (χ0) is 23.8. The summed E-state index contributed by atoms with van der Waals surface area (Å²) in [5.74, 6) is 3.70. The van der Waals surface area contributed by atoms with Gasteiger partial charge in [-0.15, -0.1) is 0 Å². The van der Waals surface area contributed by atoms with Crippen LogP contribution < -0.4 is 25.7 Å². The standard InChI is InChI=1S/C14H18N4O2.C10H14O2.CH4/c1-8(2)12-9(19-3)5-4-6-10(12)20-11-7-17-14(16)18-13(11)15;1-7(2)10-8(11)5-4-6-9(10)12-3;/h4-8H,1-3H3,(H4,15,16,17,18);4-7,11H,1-3H3;1H4. The van der Waals surface area contributed by atoms with Crippen molar-refractivity contribution >= 4 is 11.8 Å². The molecule has 0 saturated carbocycles. The van der Waals surface area contributed by atoms with Crippen LogP contribution in [0.15, 0.2) is 42.6 Å². The highest BCUT2D eigenvalue weighted by Crippen LogP contribution is 2.38. The van der Waals surface area contributed by atoms with Crippen molar-refractivity contribution < 1.29 is 19.3 Å². The first-order valence-electron chi connectivity index (χ1n) is 10.3. The lowest BCUT2D eigenvalue weighted by atomic mass is 10.0. The fraction of sp³-hybridized carbons (Fsp3) is 0.360. The van der Waals surface area contributed by atoms with E-state index in [2.05, 4.69) is 23.8 Å². The van der Waals surface area contributed by atoms with Crippen LogP contribution in [-0.4, -0.2) is 29.3 Å². The number of methoxy groups -OCH3 is 2. The summed E-state index contributed by atoms with van der Waals surface area (Å²) >= 11 is 0. The van der Waals surface area contributed by atoms with E-state index in [9.17, 15) is 5.11 Å². The Morgan fingerprint density at radius 2 is 1.30 bits per heavy atom. The van der Waals surface area contributed by atoms with Gasteiger partial charge in [0.2, 0.25) is 5.95 Å². The van der Waals surface area contributed by atoms with Gasteiger partial charge in [0.1, 0.15) is 23.0 Å². The number of nitrogens with zero attached hydrogens (tertiary/aromatic N) is 2. The Hall–Kier alpha value is -3.68. The number of phenols is 1. The highest BCUT2D eigenvalue weighted by molar-refractivity contribution is 5.53. The third-order valence-corrected chi connectivity index (χ3v) is 4.69. The van der Waals surface area contributed by atoms with Crippen LogP contribution in [0.4, 0.5) is 11.8 Å². The highest BCUT2D eigenvalue weighted by Gasteiger charge is 2.16. The van der Waals surface area contributed by atoms with Crippen LogP contribution in [0.2, 0.25) is 0 Å². The van der Waals surface area contributed by atoms with Crippen molar-refractivity contribution in [3.8, 4) is 28.7 Å². The lowest BCUT2D eigenvalue weighted by molar-refractivity contribution is 0.396. The van der Waals surface area contributed by atoms with Crippen molar-refractivity contribution in [1.82, 2.24) is 9.97 Å². The number of hydrogen-bond donors (Lipinski definition) is 3. The molecule has 0 saturated heterocycles. The van der Waals surface area contributed by atoms with E-state index < -0.39 is 0 Å². The quantitative estimate of drug-likeness (QED) is 0.429. The number of nitrogens with two attached hydrogens (primary N) is 2. The zero-order valence-electron chi connectivity index (χ0n) is 19.4. The van der Waals surface area contributed by atoms with Crippen LogP contribution in [0.1, 0.15) is 58.1 Å². The number of nitrogen functional groups attached to an aromatic ring is 2. The Morgan fingerprint density at radius 3 is 1.79 bits per heavy atom. The summed E-state index contributed by atoms with van der Waals surface area (Å²) in [4.78, 5) is 7.76. The molecule has 0 aliphatic heterocycles. The summed E-state index contributed by atoms with van der Waals surface area (Å²) < 4.78 is 16.3. The number of anilines is 2. The van der Waals surface area contributed by atoms with E-state index >= 15 is 0 Å². The second-order valence-corrected chi connectivity index (χ2v) is 7.65. The van der Waals surface area contributed by atoms with E-state index in [1.807, 2.05) is 38.1 Å². The van der Waals surface area contributed by atoms with Gasteiger partial charge >= 0.3 is 0 Å². The molecule has 1 aromatic heterocycles. The molecule has 8 nitrogen and oxygen atoms in total. The van der Waals surface area contributed by atoms with Gasteiger partial charge in [0.05, 0.1) is 20.4 Å². The van der Waals surface area contributed by atoms with Crippen molar-refractivity contribution in [1.29, 1.82) is 0 Å². The zero-order valence-corrected chi connectivity index (χ0v) is 19.4. The molecule has 0 radical (unpaired) electrons. The Morgan fingerprint density at radius 1 is 0.788 bits per heavy atom. The maximum absolute atomic E-state index is 9.51. The molecular weight excluding hydrogens is 420 g/mol. The second-order valence-electron chi connectivity index (χ2n) is 7.65. The number of aromatic nitrogens is 2. The minimum absolute atomic E-state index is 0. The molecule has 2 aromatic carbocycles. The van der Waals surface area contributed by atoms with Gasteiger partial charge in [-0.3, -0.25) is 0 Å². The first-order valence-corrected chi connectivity index (χ1v) is 10.3. The van der Waals surface area contributed by atoms with Crippen LogP contribution in [0.25, 0.3) is 0 Å². The molecule has 0 amide bonds. The van der Waals surface area contributed by atoms with Gasteiger partial charge in [0.15, 0.2) is 11.6 Å². The SMILES string of the molecule is C.COc1cccc(O)c1C(C)C.COc1cccc(Oc2cnc(N)nc2N)c1C(C)C. The molecule has 0 unspecified atom stereocenters. The maximum Gasteiger partial charge on any atom is 0.222 e. The van der Waals surface area contributed by atoms with Gasteiger partial charge < -0.3 is 30.8 Å². The molecule has 33 heavy (non-hydrogen) atoms. The molecule has 8 heteroatoms. The van der Waals surface area contributed by atoms with E-state index in [0.29, 0.717) is 17.2 Å². The van der Waals surface area contributed by atoms with Crippen LogP contribution in [0.5, 0.6) is 28.7 Å². The smallest absolute Gasteiger partial charge is 0.222 e. The third kappa shape index (κ3) is 6.90. The Labute approximate surface area is 196 Å². The summed E-state index contributed by atoms with van der Waals surface area (Å²) in [6.07, 6.45) is 1.46. The molecule has 0 spiro atoms. The molecule has 0 atom stereocenters. The lowest BCUT2D eigenvalue weighted by Crippen LogP contribution is -2.03. The number of rotatable bonds is 6. The van der Waals surface area contributed by atoms with Crippen molar-refractivity contribution in [3.63, 3.8) is 0 Å². The van der Waals surface area contributed by atoms with Crippen LogP contribution in [0.3, 0.4) is 0 Å². The maximum atomic E-state index is 9.51. The van der Waals surface area contributed by atoms with Gasteiger partial charge in [-0.1, -0.05) is 47.3 Å². The van der Waals surface area contributed by atoms with Gasteiger partial charge in [-0.2, -0.15) is 4.98 Å². The summed E-state index contributed by atoms with van der Waals surface area (Å²) in [6.45, 7) is 8.18. The minimum atomic E-state index is 0. The van der Waals surface area contributed by atoms with Crippen molar-refractivity contribution in [2.24, 2.45) is 0 Å². The number of benzene rings is 2. The van der Waals surface area contributed by atoms with E-state index in [0.717, 1.165) is 22.6 Å². The van der Waals surface area contributed by atoms with E-state index in [-0.39, 0.29) is 31.0 Å². The topological polar surface area (TPSA) is 126 Å². The lowest BCUT2D eigenvalue weighted by Gasteiger charge is -2.17. The van der Waals surface area contributed by atoms with E-state index in [4.69, 9.17) is 25.7 Å². The largest absolute Gasteiger partial charge is 0.508 e. The highest BCUT2D eigenvalue weighted by atomic mass is 16.5. The molecule has 0 aliphatic carbocycles. The fourth-order valence-electron chi connectivity index (χ4n) is 3.25.